The van der Waals surface area contributed by atoms with Crippen molar-refractivity contribution in [3.05, 3.63) is 82.6 Å². The van der Waals surface area contributed by atoms with Crippen LogP contribution in [0.1, 0.15) is 58.2 Å². The Bertz CT molecular complexity index is 1140. The number of rotatable bonds is 5. The molecule has 3 heterocycles. The number of hydrogen-bond acceptors (Lipinski definition) is 5. The number of nitrogens with one attached hydrogen (secondary N) is 2. The van der Waals surface area contributed by atoms with Gasteiger partial charge in [-0.15, -0.1) is 0 Å². The van der Waals surface area contributed by atoms with Gasteiger partial charge >= 0.3 is 0 Å². The number of benzene rings is 1. The molecule has 0 aliphatic carbocycles. The Morgan fingerprint density at radius 1 is 1.16 bits per heavy atom. The summed E-state index contributed by atoms with van der Waals surface area (Å²) in [6.07, 6.45) is 3.12. The van der Waals surface area contributed by atoms with Gasteiger partial charge in [0.15, 0.2) is 0 Å². The fourth-order valence-electron chi connectivity index (χ4n) is 4.16. The van der Waals surface area contributed by atoms with Crippen LogP contribution < -0.4 is 10.6 Å². The van der Waals surface area contributed by atoms with Crippen molar-refractivity contribution in [3.63, 3.8) is 0 Å². The molecule has 2 atom stereocenters. The minimum absolute atomic E-state index is 0.0970. The molecule has 0 saturated carbocycles. The van der Waals surface area contributed by atoms with Crippen molar-refractivity contribution in [2.75, 3.05) is 5.32 Å². The van der Waals surface area contributed by atoms with Gasteiger partial charge in [0, 0.05) is 35.3 Å². The zero-order valence-electron chi connectivity index (χ0n) is 18.1. The predicted octanol–water partition coefficient (Wildman–Crippen LogP) is 3.43. The molecule has 1 aliphatic heterocycles. The molecule has 0 fully saturated rings. The van der Waals surface area contributed by atoms with E-state index in [4.69, 9.17) is 0 Å². The zero-order valence-corrected chi connectivity index (χ0v) is 18.1. The maximum Gasteiger partial charge on any atom is 0.251 e. The molecule has 0 spiro atoms. The minimum Gasteiger partial charge on any atom is -0.348 e. The number of nitrogens with zero attached hydrogens (tertiary/aromatic N) is 3. The number of carbonyl (C=O) groups excluding carboxylic acids is 2. The first-order valence-corrected chi connectivity index (χ1v) is 10.2. The second-order valence-corrected chi connectivity index (χ2v) is 8.23. The first-order valence-electron chi connectivity index (χ1n) is 10.2. The molecule has 2 aromatic heterocycles. The monoisotopic (exact) mass is 415 g/mol. The molecule has 31 heavy (non-hydrogen) atoms. The minimum atomic E-state index is -0.780. The van der Waals surface area contributed by atoms with Crippen LogP contribution in [0.5, 0.6) is 0 Å². The summed E-state index contributed by atoms with van der Waals surface area (Å²) < 4.78 is 0. The molecule has 1 aliphatic rings. The van der Waals surface area contributed by atoms with E-state index in [1.54, 1.807) is 18.3 Å². The van der Waals surface area contributed by atoms with Gasteiger partial charge in [-0.2, -0.15) is 0 Å². The van der Waals surface area contributed by atoms with Crippen LogP contribution in [0, 0.1) is 13.8 Å². The average molecular weight is 415 g/mol. The normalized spacial score (nSPS) is 18.3. The summed E-state index contributed by atoms with van der Waals surface area (Å²) in [5.74, 6) is 0.196. The summed E-state index contributed by atoms with van der Waals surface area (Å²) >= 11 is 0. The van der Waals surface area contributed by atoms with Gasteiger partial charge in [0.1, 0.15) is 12.1 Å². The van der Waals surface area contributed by atoms with Crippen molar-refractivity contribution in [2.24, 2.45) is 0 Å². The number of amides is 2. The van der Waals surface area contributed by atoms with Crippen LogP contribution in [0.2, 0.25) is 0 Å². The Kier molecular flexibility index (Phi) is 5.27. The highest BCUT2D eigenvalue weighted by Gasteiger charge is 2.48. The number of aryl methyl sites for hydroxylation is 2. The van der Waals surface area contributed by atoms with E-state index in [2.05, 4.69) is 25.6 Å². The van der Waals surface area contributed by atoms with E-state index in [-0.39, 0.29) is 17.7 Å². The molecule has 2 amide bonds. The second kappa shape index (κ2) is 7.91. The third-order valence-corrected chi connectivity index (χ3v) is 6.11. The molecule has 1 aromatic carbocycles. The third-order valence-electron chi connectivity index (χ3n) is 6.11. The van der Waals surface area contributed by atoms with E-state index in [0.717, 1.165) is 28.1 Å². The molecular weight excluding hydrogens is 390 g/mol. The molecule has 2 N–H and O–H groups in total. The lowest BCUT2D eigenvalue weighted by Gasteiger charge is -2.29. The van der Waals surface area contributed by atoms with Crippen LogP contribution in [0.15, 0.2) is 48.9 Å². The van der Waals surface area contributed by atoms with Crippen LogP contribution in [-0.4, -0.2) is 26.8 Å². The van der Waals surface area contributed by atoms with Gasteiger partial charge < -0.3 is 10.6 Å². The summed E-state index contributed by atoms with van der Waals surface area (Å²) in [4.78, 5) is 38.0. The van der Waals surface area contributed by atoms with E-state index in [1.807, 2.05) is 52.0 Å². The molecule has 158 valence electrons. The summed E-state index contributed by atoms with van der Waals surface area (Å²) in [5, 5.41) is 5.80. The van der Waals surface area contributed by atoms with Gasteiger partial charge in [-0.25, -0.2) is 9.97 Å². The third kappa shape index (κ3) is 3.79. The van der Waals surface area contributed by atoms with Crippen LogP contribution in [0.4, 0.5) is 5.82 Å². The van der Waals surface area contributed by atoms with E-state index < -0.39 is 5.41 Å². The lowest BCUT2D eigenvalue weighted by Crippen LogP contribution is -2.36. The van der Waals surface area contributed by atoms with Gasteiger partial charge in [0.05, 0.1) is 5.41 Å². The highest BCUT2D eigenvalue weighted by Crippen LogP contribution is 2.45. The van der Waals surface area contributed by atoms with E-state index >= 15 is 0 Å². The van der Waals surface area contributed by atoms with E-state index in [1.165, 1.54) is 6.33 Å². The summed E-state index contributed by atoms with van der Waals surface area (Å²) in [7, 11) is 0. The fourth-order valence-corrected chi connectivity index (χ4v) is 4.16. The van der Waals surface area contributed by atoms with E-state index in [0.29, 0.717) is 17.9 Å². The molecule has 7 nitrogen and oxygen atoms in total. The molecule has 0 radical (unpaired) electrons. The number of carbonyl (C=O) groups is 2. The van der Waals surface area contributed by atoms with Gasteiger partial charge in [-0.05, 0) is 62.1 Å². The number of fused-ring (bicyclic) bond motifs is 1. The Morgan fingerprint density at radius 2 is 1.84 bits per heavy atom. The lowest BCUT2D eigenvalue weighted by atomic mass is 9.71. The molecule has 7 heteroatoms. The standard InChI is InChI=1S/C24H25N5O2/c1-14-9-17(10-15(2)28-14)11-26-22(30)19-7-5-18(6-8-19)16(3)24(4)20-12-25-13-27-21(20)29-23(24)31/h5-10,12-13,16H,11H2,1-4H3,(H,26,30)(H,25,27,29,31)/t16-,24-/m1/s1. The molecular formula is C24H25N5O2. The molecule has 4 rings (SSSR count). The summed E-state index contributed by atoms with van der Waals surface area (Å²) in [6, 6.07) is 11.3. The molecule has 0 bridgehead atoms. The van der Waals surface area contributed by atoms with Crippen molar-refractivity contribution < 1.29 is 9.59 Å². The fraction of sp³-hybridized carbons (Fsp3) is 0.292. The quantitative estimate of drug-likeness (QED) is 0.665. The number of pyridine rings is 1. The van der Waals surface area contributed by atoms with Gasteiger partial charge in [-0.3, -0.25) is 14.6 Å². The SMILES string of the molecule is Cc1cc(CNC(=O)c2ccc([C@@H](C)[C@@]3(C)C(=O)Nc4ncncc43)cc2)cc(C)n1. The molecule has 0 saturated heterocycles. The first kappa shape index (κ1) is 20.7. The average Bonchev–Trinajstić information content (AvgIpc) is 3.02. The van der Waals surface area contributed by atoms with Crippen LogP contribution >= 0.6 is 0 Å². The van der Waals surface area contributed by atoms with Gasteiger partial charge in [0.25, 0.3) is 5.91 Å². The van der Waals surface area contributed by atoms with Crippen molar-refractivity contribution in [1.82, 2.24) is 20.3 Å². The number of anilines is 1. The highest BCUT2D eigenvalue weighted by molar-refractivity contribution is 6.05. The maximum atomic E-state index is 12.8. The second-order valence-electron chi connectivity index (χ2n) is 8.23. The van der Waals surface area contributed by atoms with Crippen molar-refractivity contribution in [3.8, 4) is 0 Å². The maximum absolute atomic E-state index is 12.8. The van der Waals surface area contributed by atoms with Crippen molar-refractivity contribution in [1.29, 1.82) is 0 Å². The van der Waals surface area contributed by atoms with Crippen LogP contribution in [-0.2, 0) is 16.8 Å². The highest BCUT2D eigenvalue weighted by atomic mass is 16.2. The summed E-state index contributed by atoms with van der Waals surface area (Å²) in [6.45, 7) is 8.23. The molecule has 0 unspecified atom stereocenters. The Morgan fingerprint density at radius 3 is 2.52 bits per heavy atom. The van der Waals surface area contributed by atoms with Crippen molar-refractivity contribution >= 4 is 17.6 Å². The Labute approximate surface area is 181 Å². The van der Waals surface area contributed by atoms with Crippen LogP contribution in [0.3, 0.4) is 0 Å². The number of aromatic nitrogens is 3. The van der Waals surface area contributed by atoms with Crippen LogP contribution in [0.25, 0.3) is 0 Å². The van der Waals surface area contributed by atoms with Crippen molar-refractivity contribution in [2.45, 2.75) is 45.6 Å². The smallest absolute Gasteiger partial charge is 0.251 e. The largest absolute Gasteiger partial charge is 0.348 e. The van der Waals surface area contributed by atoms with Gasteiger partial charge in [0.2, 0.25) is 5.91 Å². The zero-order chi connectivity index (χ0) is 22.2. The topological polar surface area (TPSA) is 96.9 Å². The Hall–Kier alpha value is -3.61. The lowest BCUT2D eigenvalue weighted by molar-refractivity contribution is -0.120. The van der Waals surface area contributed by atoms with E-state index in [9.17, 15) is 9.59 Å². The predicted molar refractivity (Wildman–Crippen MR) is 118 cm³/mol. The first-order chi connectivity index (χ1) is 14.8. The number of hydrogen-bond donors (Lipinski definition) is 2. The molecule has 3 aromatic rings. The Balaban J connectivity index is 1.49. The van der Waals surface area contributed by atoms with Gasteiger partial charge in [-0.1, -0.05) is 19.1 Å². The summed E-state index contributed by atoms with van der Waals surface area (Å²) in [5.41, 5.74) is 4.42.